The molecule has 28 heavy (non-hydrogen) atoms. The van der Waals surface area contributed by atoms with Gasteiger partial charge in [-0.2, -0.15) is 13.2 Å². The van der Waals surface area contributed by atoms with Crippen molar-refractivity contribution < 1.29 is 34.8 Å². The molecule has 0 aliphatic rings. The first kappa shape index (κ1) is 19.9. The van der Waals surface area contributed by atoms with Crippen molar-refractivity contribution in [3.05, 3.63) is 59.7 Å². The molecule has 0 atom stereocenters. The van der Waals surface area contributed by atoms with Crippen LogP contribution in [-0.2, 0) is 16.0 Å². The molecule has 3 aromatic rings. The molecule has 2 aromatic carbocycles. The van der Waals surface area contributed by atoms with Gasteiger partial charge in [0.2, 0.25) is 0 Å². The minimum atomic E-state index is -5.00. The maximum absolute atomic E-state index is 14.1. The Morgan fingerprint density at radius 2 is 1.50 bits per heavy atom. The van der Waals surface area contributed by atoms with E-state index in [0.29, 0.717) is 10.7 Å². The van der Waals surface area contributed by atoms with Crippen LogP contribution in [-0.4, -0.2) is 29.4 Å². The second kappa shape index (κ2) is 6.62. The molecule has 12 heteroatoms. The monoisotopic (exact) mass is 421 g/mol. The normalized spacial score (nSPS) is 12.4. The van der Waals surface area contributed by atoms with Crippen LogP contribution in [0, 0.1) is 17.5 Å². The van der Waals surface area contributed by atoms with Crippen molar-refractivity contribution >= 4 is 9.84 Å². The summed E-state index contributed by atoms with van der Waals surface area (Å²) in [7, 11) is -3.58. The number of hydrogen-bond acceptors (Lipinski definition) is 4. The molecule has 0 bridgehead atoms. The highest BCUT2D eigenvalue weighted by molar-refractivity contribution is 7.90. The highest BCUT2D eigenvalue weighted by Gasteiger charge is 2.38. The molecule has 0 saturated carbocycles. The lowest BCUT2D eigenvalue weighted by Gasteiger charge is -2.08. The van der Waals surface area contributed by atoms with Crippen molar-refractivity contribution in [3.8, 4) is 17.1 Å². The van der Waals surface area contributed by atoms with Crippen LogP contribution in [0.3, 0.4) is 0 Å². The van der Waals surface area contributed by atoms with Crippen LogP contribution in [0.25, 0.3) is 17.1 Å². The van der Waals surface area contributed by atoms with Crippen molar-refractivity contribution in [2.45, 2.75) is 11.1 Å². The van der Waals surface area contributed by atoms with Crippen LogP contribution >= 0.6 is 0 Å². The van der Waals surface area contributed by atoms with E-state index in [2.05, 4.69) is 10.1 Å². The highest BCUT2D eigenvalue weighted by Crippen LogP contribution is 2.32. The smallest absolute Gasteiger partial charge is 0.224 e. The third kappa shape index (κ3) is 3.72. The first-order valence-electron chi connectivity index (χ1n) is 7.37. The molecular weight excluding hydrogens is 412 g/mol. The minimum absolute atomic E-state index is 0.102. The van der Waals surface area contributed by atoms with Gasteiger partial charge in [0, 0.05) is 12.3 Å². The number of sulfone groups is 1. The largest absolute Gasteiger partial charge is 0.453 e. The maximum atomic E-state index is 14.1. The Morgan fingerprint density at radius 1 is 0.929 bits per heavy atom. The number of aromatic nitrogens is 3. The summed E-state index contributed by atoms with van der Waals surface area (Å²) in [5.41, 5.74) is -0.858. The zero-order valence-corrected chi connectivity index (χ0v) is 14.6. The molecule has 1 aromatic heterocycles. The minimum Gasteiger partial charge on any atom is -0.224 e. The second-order valence-electron chi connectivity index (χ2n) is 5.68. The van der Waals surface area contributed by atoms with Crippen LogP contribution in [0.1, 0.15) is 5.82 Å². The van der Waals surface area contributed by atoms with Gasteiger partial charge in [0.15, 0.2) is 27.3 Å². The summed E-state index contributed by atoms with van der Waals surface area (Å²) in [4.78, 5) is 3.09. The predicted molar refractivity (Wildman–Crippen MR) is 84.8 cm³/mol. The van der Waals surface area contributed by atoms with Gasteiger partial charge in [-0.3, -0.25) is 0 Å². The molecule has 0 N–H and O–H groups in total. The van der Waals surface area contributed by atoms with Crippen LogP contribution < -0.4 is 0 Å². The van der Waals surface area contributed by atoms with Gasteiger partial charge in [0.25, 0.3) is 5.82 Å². The zero-order chi connectivity index (χ0) is 20.9. The number of halogens is 6. The molecular formula is C16H9F6N3O2S. The number of alkyl halides is 3. The number of nitrogens with zero attached hydrogens (tertiary/aromatic N) is 3. The van der Waals surface area contributed by atoms with Gasteiger partial charge < -0.3 is 0 Å². The Balaban J connectivity index is 2.24. The third-order valence-corrected chi connectivity index (χ3v) is 4.75. The van der Waals surface area contributed by atoms with Gasteiger partial charge in [0.05, 0.1) is 16.1 Å². The highest BCUT2D eigenvalue weighted by atomic mass is 32.2. The zero-order valence-electron chi connectivity index (χ0n) is 13.8. The van der Waals surface area contributed by atoms with Crippen molar-refractivity contribution in [1.82, 2.24) is 14.8 Å². The van der Waals surface area contributed by atoms with Crippen LogP contribution in [0.4, 0.5) is 26.3 Å². The number of hydrogen-bond donors (Lipinski definition) is 0. The Hall–Kier alpha value is -2.89. The van der Waals surface area contributed by atoms with E-state index in [9.17, 15) is 34.8 Å². The Bertz CT molecular complexity index is 1150. The van der Waals surface area contributed by atoms with Crippen LogP contribution in [0.15, 0.2) is 41.3 Å². The van der Waals surface area contributed by atoms with Gasteiger partial charge in [0.1, 0.15) is 5.82 Å². The van der Waals surface area contributed by atoms with Gasteiger partial charge >= 0.3 is 6.18 Å². The molecule has 0 aliphatic carbocycles. The van der Waals surface area contributed by atoms with E-state index in [1.54, 1.807) is 0 Å². The topological polar surface area (TPSA) is 64.8 Å². The molecule has 0 unspecified atom stereocenters. The first-order valence-corrected chi connectivity index (χ1v) is 9.27. The van der Waals surface area contributed by atoms with E-state index in [1.165, 1.54) is 0 Å². The molecule has 1 heterocycles. The predicted octanol–water partition coefficient (Wildman–Crippen LogP) is 3.77. The molecule has 5 nitrogen and oxygen atoms in total. The molecule has 3 rings (SSSR count). The van der Waals surface area contributed by atoms with Gasteiger partial charge in [-0.1, -0.05) is 0 Å². The summed E-state index contributed by atoms with van der Waals surface area (Å²) in [6, 6.07) is 4.97. The van der Waals surface area contributed by atoms with Gasteiger partial charge in [-0.25, -0.2) is 31.3 Å². The van der Waals surface area contributed by atoms with Crippen molar-refractivity contribution in [1.29, 1.82) is 0 Å². The lowest BCUT2D eigenvalue weighted by atomic mass is 10.2. The number of benzene rings is 2. The molecule has 148 valence electrons. The molecule has 0 spiro atoms. The van der Waals surface area contributed by atoms with E-state index in [0.717, 1.165) is 30.5 Å². The molecule has 0 aliphatic heterocycles. The van der Waals surface area contributed by atoms with Crippen molar-refractivity contribution in [2.75, 3.05) is 6.26 Å². The molecule has 0 amide bonds. The maximum Gasteiger partial charge on any atom is 0.453 e. The Kier molecular flexibility index (Phi) is 4.69. The van der Waals surface area contributed by atoms with Gasteiger partial charge in [-0.15, -0.1) is 5.10 Å². The van der Waals surface area contributed by atoms with E-state index in [1.807, 2.05) is 0 Å². The molecule has 0 radical (unpaired) electrons. The summed E-state index contributed by atoms with van der Waals surface area (Å²) in [5, 5.41) is 3.26. The summed E-state index contributed by atoms with van der Waals surface area (Å²) >= 11 is 0. The first-order chi connectivity index (χ1) is 12.9. The molecule has 0 fully saturated rings. The fraction of sp³-hybridized carbons (Fsp3) is 0.125. The van der Waals surface area contributed by atoms with E-state index < -0.39 is 50.7 Å². The lowest BCUT2D eigenvalue weighted by molar-refractivity contribution is -0.144. The summed E-state index contributed by atoms with van der Waals surface area (Å²) < 4.78 is 103. The van der Waals surface area contributed by atoms with E-state index >= 15 is 0 Å². The standard InChI is InChI=1S/C16H9F6N3O2S/c1-28(26,27)9-4-2-8(3-5-9)25-14(23-15(24-25)16(20,21)22)10-6-12(18)13(19)7-11(10)17/h2-7H,1H3. The van der Waals surface area contributed by atoms with E-state index in [-0.39, 0.29) is 16.6 Å². The quantitative estimate of drug-likeness (QED) is 0.477. The van der Waals surface area contributed by atoms with Gasteiger partial charge in [-0.05, 0) is 30.3 Å². The molecule has 0 saturated heterocycles. The third-order valence-electron chi connectivity index (χ3n) is 3.62. The summed E-state index contributed by atoms with van der Waals surface area (Å²) in [6.45, 7) is 0. The number of rotatable bonds is 3. The average molecular weight is 421 g/mol. The van der Waals surface area contributed by atoms with Crippen molar-refractivity contribution in [3.63, 3.8) is 0 Å². The Morgan fingerprint density at radius 3 is 2.04 bits per heavy atom. The van der Waals surface area contributed by atoms with Crippen LogP contribution in [0.5, 0.6) is 0 Å². The fourth-order valence-electron chi connectivity index (χ4n) is 2.31. The second-order valence-corrected chi connectivity index (χ2v) is 7.70. The van der Waals surface area contributed by atoms with Crippen LogP contribution in [0.2, 0.25) is 0 Å². The average Bonchev–Trinajstić information content (AvgIpc) is 3.03. The van der Waals surface area contributed by atoms with Crippen molar-refractivity contribution in [2.24, 2.45) is 0 Å². The summed E-state index contributed by atoms with van der Waals surface area (Å²) in [5.74, 6) is -6.75. The lowest BCUT2D eigenvalue weighted by Crippen LogP contribution is -2.08. The fourth-order valence-corrected chi connectivity index (χ4v) is 2.95. The Labute approximate surface area is 154 Å². The summed E-state index contributed by atoms with van der Waals surface area (Å²) in [6.07, 6.45) is -4.07. The van der Waals surface area contributed by atoms with E-state index in [4.69, 9.17) is 0 Å². The SMILES string of the molecule is CS(=O)(=O)c1ccc(-n2nc(C(F)(F)F)nc2-c2cc(F)c(F)cc2F)cc1.